The summed E-state index contributed by atoms with van der Waals surface area (Å²) < 4.78 is 12.3. The highest BCUT2D eigenvalue weighted by Crippen LogP contribution is 2.33. The van der Waals surface area contributed by atoms with Gasteiger partial charge in [0.25, 0.3) is 0 Å². The Morgan fingerprint density at radius 2 is 1.95 bits per heavy atom. The molecule has 1 aliphatic rings. The van der Waals surface area contributed by atoms with Crippen molar-refractivity contribution in [2.24, 2.45) is 0 Å². The third kappa shape index (κ3) is 3.03. The van der Waals surface area contributed by atoms with Crippen LogP contribution in [0.1, 0.15) is 17.3 Å². The standard InChI is InChI=1S/C15H15Br2NO3/c1-9(16)11-6-10(17)7-12-13(19)8-14(21-15(11)12)18-2-4-20-5-3-18/h6-9H,2-5H2,1H3. The van der Waals surface area contributed by atoms with Gasteiger partial charge < -0.3 is 14.1 Å². The molecule has 2 heterocycles. The number of morpholine rings is 1. The summed E-state index contributed by atoms with van der Waals surface area (Å²) in [6.45, 7) is 4.81. The van der Waals surface area contributed by atoms with Crippen LogP contribution >= 0.6 is 31.9 Å². The molecule has 21 heavy (non-hydrogen) atoms. The molecule has 0 saturated carbocycles. The van der Waals surface area contributed by atoms with Gasteiger partial charge in [0.15, 0.2) is 11.3 Å². The maximum absolute atomic E-state index is 12.4. The van der Waals surface area contributed by atoms with Crippen molar-refractivity contribution in [3.8, 4) is 0 Å². The smallest absolute Gasteiger partial charge is 0.200 e. The first-order valence-corrected chi connectivity index (χ1v) is 8.51. The molecule has 0 radical (unpaired) electrons. The van der Waals surface area contributed by atoms with Crippen LogP contribution in [-0.2, 0) is 4.74 Å². The van der Waals surface area contributed by atoms with E-state index in [1.807, 2.05) is 19.1 Å². The largest absolute Gasteiger partial charge is 0.440 e. The Kier molecular flexibility index (Phi) is 4.38. The second-order valence-electron chi connectivity index (χ2n) is 5.04. The molecule has 1 fully saturated rings. The fourth-order valence-electron chi connectivity index (χ4n) is 2.47. The zero-order valence-electron chi connectivity index (χ0n) is 11.6. The van der Waals surface area contributed by atoms with Crippen molar-refractivity contribution < 1.29 is 9.15 Å². The molecule has 2 aromatic rings. The van der Waals surface area contributed by atoms with Crippen LogP contribution in [0.5, 0.6) is 0 Å². The molecule has 1 unspecified atom stereocenters. The van der Waals surface area contributed by atoms with Gasteiger partial charge in [-0.1, -0.05) is 31.9 Å². The lowest BCUT2D eigenvalue weighted by Crippen LogP contribution is -2.36. The number of alkyl halides is 1. The molecule has 1 aliphatic heterocycles. The summed E-state index contributed by atoms with van der Waals surface area (Å²) in [4.78, 5) is 14.6. The lowest BCUT2D eigenvalue weighted by molar-refractivity contribution is 0.121. The zero-order valence-corrected chi connectivity index (χ0v) is 14.7. The van der Waals surface area contributed by atoms with Crippen molar-refractivity contribution >= 4 is 48.7 Å². The fraction of sp³-hybridized carbons (Fsp3) is 0.400. The summed E-state index contributed by atoms with van der Waals surface area (Å²) in [5.74, 6) is 0.618. The summed E-state index contributed by atoms with van der Waals surface area (Å²) >= 11 is 7.02. The van der Waals surface area contributed by atoms with E-state index >= 15 is 0 Å². The molecule has 0 aliphatic carbocycles. The topological polar surface area (TPSA) is 42.7 Å². The van der Waals surface area contributed by atoms with Crippen LogP contribution in [0.25, 0.3) is 11.0 Å². The minimum absolute atomic E-state index is 0.0200. The number of fused-ring (bicyclic) bond motifs is 1. The molecule has 0 N–H and O–H groups in total. The number of ether oxygens (including phenoxy) is 1. The van der Waals surface area contributed by atoms with E-state index in [0.717, 1.165) is 23.1 Å². The van der Waals surface area contributed by atoms with Gasteiger partial charge in [-0.05, 0) is 19.1 Å². The molecule has 0 amide bonds. The normalized spacial score (nSPS) is 17.2. The number of anilines is 1. The quantitative estimate of drug-likeness (QED) is 0.697. The first-order valence-electron chi connectivity index (χ1n) is 6.80. The predicted molar refractivity (Wildman–Crippen MR) is 90.6 cm³/mol. The molecule has 1 saturated heterocycles. The van der Waals surface area contributed by atoms with Crippen molar-refractivity contribution in [1.82, 2.24) is 0 Å². The van der Waals surface area contributed by atoms with Gasteiger partial charge in [-0.3, -0.25) is 4.79 Å². The van der Waals surface area contributed by atoms with Crippen LogP contribution in [0.3, 0.4) is 0 Å². The van der Waals surface area contributed by atoms with Gasteiger partial charge in [0.1, 0.15) is 5.58 Å². The van der Waals surface area contributed by atoms with Crippen molar-refractivity contribution in [3.05, 3.63) is 38.5 Å². The molecular formula is C15H15Br2NO3. The molecule has 0 bridgehead atoms. The Morgan fingerprint density at radius 3 is 2.62 bits per heavy atom. The Balaban J connectivity index is 2.19. The fourth-order valence-corrected chi connectivity index (χ4v) is 3.29. The Labute approximate surface area is 139 Å². The second kappa shape index (κ2) is 6.10. The van der Waals surface area contributed by atoms with Crippen LogP contribution in [0.2, 0.25) is 0 Å². The van der Waals surface area contributed by atoms with Crippen LogP contribution in [-0.4, -0.2) is 26.3 Å². The van der Waals surface area contributed by atoms with Crippen molar-refractivity contribution in [3.63, 3.8) is 0 Å². The Hall–Kier alpha value is -0.850. The molecule has 0 spiro atoms. The van der Waals surface area contributed by atoms with Gasteiger partial charge in [-0.15, -0.1) is 0 Å². The van der Waals surface area contributed by atoms with Crippen LogP contribution in [0, 0.1) is 0 Å². The monoisotopic (exact) mass is 415 g/mol. The van der Waals surface area contributed by atoms with Crippen molar-refractivity contribution in [2.45, 2.75) is 11.8 Å². The van der Waals surface area contributed by atoms with E-state index in [1.165, 1.54) is 0 Å². The van der Waals surface area contributed by atoms with Gasteiger partial charge in [-0.25, -0.2) is 0 Å². The average Bonchev–Trinajstić information content (AvgIpc) is 2.48. The molecule has 4 nitrogen and oxygen atoms in total. The lowest BCUT2D eigenvalue weighted by Gasteiger charge is -2.27. The van der Waals surface area contributed by atoms with E-state index in [9.17, 15) is 4.79 Å². The van der Waals surface area contributed by atoms with Crippen molar-refractivity contribution in [2.75, 3.05) is 31.2 Å². The van der Waals surface area contributed by atoms with E-state index < -0.39 is 0 Å². The van der Waals surface area contributed by atoms with Crippen LogP contribution < -0.4 is 10.3 Å². The third-order valence-electron chi connectivity index (χ3n) is 3.56. The number of hydrogen-bond donors (Lipinski definition) is 0. The predicted octanol–water partition coefficient (Wildman–Crippen LogP) is 3.85. The van der Waals surface area contributed by atoms with E-state index in [4.69, 9.17) is 9.15 Å². The van der Waals surface area contributed by atoms with E-state index in [0.29, 0.717) is 30.1 Å². The minimum Gasteiger partial charge on any atom is -0.440 e. The summed E-state index contributed by atoms with van der Waals surface area (Å²) in [5.41, 5.74) is 1.59. The van der Waals surface area contributed by atoms with E-state index in [1.54, 1.807) is 6.07 Å². The number of halogens is 2. The summed E-state index contributed by atoms with van der Waals surface area (Å²) in [5, 5.41) is 0.600. The molecule has 6 heteroatoms. The third-order valence-corrected chi connectivity index (χ3v) is 4.51. The molecule has 112 valence electrons. The summed E-state index contributed by atoms with van der Waals surface area (Å²) in [6.07, 6.45) is 0. The van der Waals surface area contributed by atoms with Gasteiger partial charge in [0, 0.05) is 34.0 Å². The first-order chi connectivity index (χ1) is 10.1. The highest BCUT2D eigenvalue weighted by molar-refractivity contribution is 9.10. The van der Waals surface area contributed by atoms with Crippen LogP contribution in [0.15, 0.2) is 31.9 Å². The average molecular weight is 417 g/mol. The molecule has 1 atom stereocenters. The Bertz CT molecular complexity index is 721. The lowest BCUT2D eigenvalue weighted by atomic mass is 10.1. The zero-order chi connectivity index (χ0) is 15.0. The second-order valence-corrected chi connectivity index (χ2v) is 7.33. The van der Waals surface area contributed by atoms with E-state index in [-0.39, 0.29) is 10.3 Å². The SMILES string of the molecule is CC(Br)c1cc(Br)cc2c(=O)cc(N3CCOCC3)oc12. The van der Waals surface area contributed by atoms with Gasteiger partial charge >= 0.3 is 0 Å². The number of nitrogens with zero attached hydrogens (tertiary/aromatic N) is 1. The summed E-state index contributed by atoms with van der Waals surface area (Å²) in [6, 6.07) is 5.36. The molecule has 3 rings (SSSR count). The highest BCUT2D eigenvalue weighted by atomic mass is 79.9. The van der Waals surface area contributed by atoms with Gasteiger partial charge in [0.2, 0.25) is 0 Å². The number of hydrogen-bond acceptors (Lipinski definition) is 4. The summed E-state index contributed by atoms with van der Waals surface area (Å²) in [7, 11) is 0. The van der Waals surface area contributed by atoms with Gasteiger partial charge in [0.05, 0.1) is 18.6 Å². The molecular weight excluding hydrogens is 402 g/mol. The molecule has 1 aromatic carbocycles. The number of rotatable bonds is 2. The maximum Gasteiger partial charge on any atom is 0.200 e. The van der Waals surface area contributed by atoms with Crippen molar-refractivity contribution in [1.29, 1.82) is 0 Å². The molecule has 1 aromatic heterocycles. The minimum atomic E-state index is -0.0200. The number of benzene rings is 1. The van der Waals surface area contributed by atoms with Crippen LogP contribution in [0.4, 0.5) is 5.88 Å². The van der Waals surface area contributed by atoms with Gasteiger partial charge in [-0.2, -0.15) is 0 Å². The maximum atomic E-state index is 12.4. The Morgan fingerprint density at radius 1 is 1.24 bits per heavy atom. The highest BCUT2D eigenvalue weighted by Gasteiger charge is 2.18. The first kappa shape index (κ1) is 15.1. The van der Waals surface area contributed by atoms with E-state index in [2.05, 4.69) is 36.8 Å².